The van der Waals surface area contributed by atoms with Crippen LogP contribution in [0.4, 0.5) is 4.39 Å². The Kier molecular flexibility index (Phi) is 7.91. The molecule has 2 heterocycles. The van der Waals surface area contributed by atoms with E-state index in [0.29, 0.717) is 41.5 Å². The van der Waals surface area contributed by atoms with Crippen LogP contribution in [0.3, 0.4) is 0 Å². The zero-order valence-electron chi connectivity index (χ0n) is 21.6. The summed E-state index contributed by atoms with van der Waals surface area (Å²) in [6.45, 7) is 0.578. The van der Waals surface area contributed by atoms with Crippen molar-refractivity contribution >= 4 is 62.1 Å². The highest BCUT2D eigenvalue weighted by atomic mass is 35.5. The molecule has 1 aliphatic rings. The van der Waals surface area contributed by atoms with Crippen molar-refractivity contribution in [1.82, 2.24) is 10.2 Å². The fourth-order valence-corrected chi connectivity index (χ4v) is 6.34. The number of hydrogen-bond donors (Lipinski definition) is 1. The predicted molar refractivity (Wildman–Crippen MR) is 152 cm³/mol. The lowest BCUT2D eigenvalue weighted by Crippen LogP contribution is -2.39. The van der Waals surface area contributed by atoms with Crippen LogP contribution in [-0.4, -0.2) is 50.3 Å². The summed E-state index contributed by atoms with van der Waals surface area (Å²) in [5, 5.41) is 3.58. The van der Waals surface area contributed by atoms with E-state index in [0.717, 1.165) is 23.8 Å². The minimum Gasteiger partial charge on any atom is -0.464 e. The maximum absolute atomic E-state index is 14.0. The lowest BCUT2D eigenvalue weighted by Gasteiger charge is -2.30. The van der Waals surface area contributed by atoms with Crippen LogP contribution in [0.25, 0.3) is 11.0 Å². The Balaban J connectivity index is 1.33. The van der Waals surface area contributed by atoms with Gasteiger partial charge in [0.2, 0.25) is 0 Å². The highest BCUT2D eigenvalue weighted by Crippen LogP contribution is 2.35. The molecule has 0 saturated carbocycles. The summed E-state index contributed by atoms with van der Waals surface area (Å²) in [5.41, 5.74) is 2.62. The number of aldehydes is 1. The van der Waals surface area contributed by atoms with Gasteiger partial charge in [-0.15, -0.1) is 0 Å². The molecule has 0 radical (unpaired) electrons. The van der Waals surface area contributed by atoms with E-state index in [1.54, 1.807) is 29.4 Å². The molecule has 1 aromatic heterocycles. The van der Waals surface area contributed by atoms with Gasteiger partial charge in [-0.1, -0.05) is 29.3 Å². The van der Waals surface area contributed by atoms with Crippen LogP contribution in [0.2, 0.25) is 10.0 Å². The Labute approximate surface area is 244 Å². The van der Waals surface area contributed by atoms with Gasteiger partial charge < -0.3 is 19.4 Å². The number of benzene rings is 3. The number of amides is 2. The first-order chi connectivity index (χ1) is 19.4. The summed E-state index contributed by atoms with van der Waals surface area (Å²) < 4.78 is 43.1. The molecule has 1 N–H and O–H groups in total. The van der Waals surface area contributed by atoms with E-state index >= 15 is 0 Å². The maximum atomic E-state index is 14.0. The molecule has 12 heteroatoms. The predicted octanol–water partition coefficient (Wildman–Crippen LogP) is 5.02. The lowest BCUT2D eigenvalue weighted by atomic mass is 9.95. The van der Waals surface area contributed by atoms with Gasteiger partial charge in [0.05, 0.1) is 32.8 Å². The van der Waals surface area contributed by atoms with E-state index in [2.05, 4.69) is 5.32 Å². The molecular formula is C29H23Cl2FN2O6S. The minimum atomic E-state index is -3.69. The van der Waals surface area contributed by atoms with Crippen molar-refractivity contribution < 1.29 is 31.6 Å². The zero-order valence-corrected chi connectivity index (χ0v) is 23.9. The quantitative estimate of drug-likeness (QED) is 0.292. The number of carbonyl (C=O) groups excluding carboxylic acids is 3. The number of nitrogens with zero attached hydrogens (tertiary/aromatic N) is 1. The molecule has 0 saturated heterocycles. The largest absolute Gasteiger partial charge is 0.464 e. The van der Waals surface area contributed by atoms with Crippen molar-refractivity contribution in [2.24, 2.45) is 0 Å². The molecular weight excluding hydrogens is 594 g/mol. The molecule has 0 aliphatic carbocycles. The molecule has 41 heavy (non-hydrogen) atoms. The number of nitrogens with one attached hydrogen (secondary N) is 1. The molecule has 0 spiro atoms. The van der Waals surface area contributed by atoms with Gasteiger partial charge in [0, 0.05) is 30.3 Å². The number of carbonyl (C=O) groups is 3. The summed E-state index contributed by atoms with van der Waals surface area (Å²) in [5.74, 6) is -1.69. The third-order valence-corrected chi connectivity index (χ3v) is 8.72. The summed E-state index contributed by atoms with van der Waals surface area (Å²) >= 11 is 13.1. The van der Waals surface area contributed by atoms with E-state index in [1.807, 2.05) is 12.1 Å². The van der Waals surface area contributed by atoms with Crippen molar-refractivity contribution in [2.75, 3.05) is 12.8 Å². The summed E-state index contributed by atoms with van der Waals surface area (Å²) in [7, 11) is -3.69. The van der Waals surface area contributed by atoms with Crippen LogP contribution in [-0.2, 0) is 34.0 Å². The van der Waals surface area contributed by atoms with Crippen LogP contribution in [0, 0.1) is 5.82 Å². The monoisotopic (exact) mass is 616 g/mol. The lowest BCUT2D eigenvalue weighted by molar-refractivity contribution is -0.109. The number of furan rings is 1. The van der Waals surface area contributed by atoms with Gasteiger partial charge in [-0.25, -0.2) is 12.8 Å². The maximum Gasteiger partial charge on any atom is 0.254 e. The van der Waals surface area contributed by atoms with Crippen LogP contribution in [0.15, 0.2) is 64.1 Å². The Morgan fingerprint density at radius 1 is 1.15 bits per heavy atom. The van der Waals surface area contributed by atoms with E-state index in [4.69, 9.17) is 27.6 Å². The molecule has 3 aromatic carbocycles. The number of hydrogen-bond acceptors (Lipinski definition) is 6. The number of rotatable bonds is 7. The van der Waals surface area contributed by atoms with Crippen LogP contribution < -0.4 is 5.32 Å². The molecule has 212 valence electrons. The van der Waals surface area contributed by atoms with Gasteiger partial charge in [-0.3, -0.25) is 9.59 Å². The van der Waals surface area contributed by atoms with Crippen molar-refractivity contribution in [3.05, 3.63) is 98.5 Å². The van der Waals surface area contributed by atoms with Gasteiger partial charge in [0.1, 0.15) is 17.7 Å². The second-order valence-corrected chi connectivity index (χ2v) is 12.6. The molecule has 0 fully saturated rings. The normalized spacial score (nSPS) is 14.0. The van der Waals surface area contributed by atoms with E-state index in [1.165, 1.54) is 6.07 Å². The van der Waals surface area contributed by atoms with E-state index in [-0.39, 0.29) is 44.9 Å². The highest BCUT2D eigenvalue weighted by molar-refractivity contribution is 7.90. The van der Waals surface area contributed by atoms with Gasteiger partial charge in [0.25, 0.3) is 11.8 Å². The average Bonchev–Trinajstić information content (AvgIpc) is 3.39. The van der Waals surface area contributed by atoms with Crippen molar-refractivity contribution in [3.8, 4) is 0 Å². The molecule has 5 rings (SSSR count). The highest BCUT2D eigenvalue weighted by Gasteiger charge is 2.29. The minimum absolute atomic E-state index is 0.0296. The third kappa shape index (κ3) is 6.00. The standard InChI is InChI=1S/C29H23Cl2FN2O6S/c1-41(38,39)22-10-16(8-20(32)13-22)9-21(15-35)33-28(36)26-24(30)11-19-14-34(6-4-23(19)27(26)31)29(37)18-3-2-17-5-7-40-25(17)12-18/h2-3,5,7-8,10-13,15,21H,4,6,9,14H2,1H3,(H,33,36)/t21-/m0/s1. The van der Waals surface area contributed by atoms with Gasteiger partial charge in [-0.2, -0.15) is 0 Å². The molecule has 0 unspecified atom stereocenters. The summed E-state index contributed by atoms with van der Waals surface area (Å²) in [4.78, 5) is 39.6. The fraction of sp³-hybridized carbons (Fsp3) is 0.207. The molecule has 1 atom stereocenters. The Hall–Kier alpha value is -3.73. The molecule has 8 nitrogen and oxygen atoms in total. The third-order valence-electron chi connectivity index (χ3n) is 6.92. The molecule has 0 bridgehead atoms. The van der Waals surface area contributed by atoms with Gasteiger partial charge >= 0.3 is 0 Å². The van der Waals surface area contributed by atoms with Crippen molar-refractivity contribution in [2.45, 2.75) is 30.3 Å². The van der Waals surface area contributed by atoms with E-state index in [9.17, 15) is 27.2 Å². The average molecular weight is 617 g/mol. The molecule has 4 aromatic rings. The fourth-order valence-electron chi connectivity index (χ4n) is 4.88. The van der Waals surface area contributed by atoms with Crippen molar-refractivity contribution in [3.63, 3.8) is 0 Å². The first-order valence-corrected chi connectivity index (χ1v) is 15.1. The van der Waals surface area contributed by atoms with Gasteiger partial charge in [-0.05, 0) is 72.0 Å². The Bertz CT molecular complexity index is 1820. The van der Waals surface area contributed by atoms with Gasteiger partial charge in [0.15, 0.2) is 9.84 Å². The number of halogens is 3. The van der Waals surface area contributed by atoms with Crippen LogP contribution >= 0.6 is 23.2 Å². The zero-order chi connectivity index (χ0) is 29.5. The van der Waals surface area contributed by atoms with Crippen LogP contribution in [0.5, 0.6) is 0 Å². The first-order valence-electron chi connectivity index (χ1n) is 12.5. The SMILES string of the molecule is CS(=O)(=O)c1cc(F)cc(C[C@@H](C=O)NC(=O)c2c(Cl)cc3c(c2Cl)CCN(C(=O)c2ccc4ccoc4c2)C3)c1. The number of sulfone groups is 1. The number of fused-ring (bicyclic) bond motifs is 2. The second-order valence-electron chi connectivity index (χ2n) is 9.82. The second kappa shape index (κ2) is 11.3. The topological polar surface area (TPSA) is 114 Å². The van der Waals surface area contributed by atoms with Crippen molar-refractivity contribution in [1.29, 1.82) is 0 Å². The Morgan fingerprint density at radius 2 is 1.93 bits per heavy atom. The molecule has 2 amide bonds. The first kappa shape index (κ1) is 28.8. The Morgan fingerprint density at radius 3 is 2.66 bits per heavy atom. The van der Waals surface area contributed by atoms with Crippen LogP contribution in [0.1, 0.15) is 37.4 Å². The summed E-state index contributed by atoms with van der Waals surface area (Å²) in [6, 6.07) is 10.7. The van der Waals surface area contributed by atoms with E-state index < -0.39 is 27.6 Å². The molecule has 1 aliphatic heterocycles. The smallest absolute Gasteiger partial charge is 0.254 e. The summed E-state index contributed by atoms with van der Waals surface area (Å²) in [6.07, 6.45) is 3.18.